The lowest BCUT2D eigenvalue weighted by atomic mass is 9.70. The highest BCUT2D eigenvalue weighted by atomic mass is 32.1. The van der Waals surface area contributed by atoms with E-state index in [1.54, 1.807) is 5.51 Å². The SMILES string of the molecule is C[C@](O)(c1ccc(C(=O)N(C2CC2)C2CCC(COC(N)=O)(c3cscn3)CC2)cc1)C(F)(F)F. The molecule has 2 fully saturated rings. The highest BCUT2D eigenvalue weighted by Crippen LogP contribution is 2.44. The van der Waals surface area contributed by atoms with Crippen LogP contribution in [0.4, 0.5) is 18.0 Å². The summed E-state index contributed by atoms with van der Waals surface area (Å²) in [4.78, 5) is 31.0. The van der Waals surface area contributed by atoms with Gasteiger partial charge in [0.2, 0.25) is 0 Å². The van der Waals surface area contributed by atoms with Gasteiger partial charge in [-0.2, -0.15) is 13.2 Å². The molecular weight excluding hydrogens is 483 g/mol. The van der Waals surface area contributed by atoms with E-state index in [0.717, 1.165) is 30.7 Å². The molecule has 1 aromatic carbocycles. The van der Waals surface area contributed by atoms with Gasteiger partial charge in [0.05, 0.1) is 11.2 Å². The van der Waals surface area contributed by atoms with E-state index >= 15 is 0 Å². The van der Waals surface area contributed by atoms with Crippen LogP contribution in [-0.2, 0) is 15.8 Å². The summed E-state index contributed by atoms with van der Waals surface area (Å²) < 4.78 is 44.7. The number of carbonyl (C=O) groups is 2. The van der Waals surface area contributed by atoms with Gasteiger partial charge in [-0.25, -0.2) is 9.78 Å². The average Bonchev–Trinajstić information content (AvgIpc) is 3.48. The molecule has 1 atom stereocenters. The monoisotopic (exact) mass is 511 g/mol. The second-order valence-electron chi connectivity index (χ2n) is 9.58. The lowest BCUT2D eigenvalue weighted by molar-refractivity contribution is -0.258. The minimum Gasteiger partial charge on any atom is -0.449 e. The Hall–Kier alpha value is -2.66. The van der Waals surface area contributed by atoms with Gasteiger partial charge >= 0.3 is 12.3 Å². The Labute approximate surface area is 205 Å². The number of nitrogens with zero attached hydrogens (tertiary/aromatic N) is 2. The number of aliphatic hydroxyl groups is 1. The second-order valence-corrected chi connectivity index (χ2v) is 10.3. The van der Waals surface area contributed by atoms with E-state index in [2.05, 4.69) is 4.98 Å². The minimum atomic E-state index is -4.83. The summed E-state index contributed by atoms with van der Waals surface area (Å²) in [5.41, 5.74) is 4.28. The Morgan fingerprint density at radius 1 is 1.17 bits per heavy atom. The van der Waals surface area contributed by atoms with Gasteiger partial charge in [-0.15, -0.1) is 11.3 Å². The first-order chi connectivity index (χ1) is 16.4. The summed E-state index contributed by atoms with van der Waals surface area (Å²) in [6.45, 7) is 0.815. The number of carbonyl (C=O) groups excluding carboxylic acids is 2. The van der Waals surface area contributed by atoms with Gasteiger partial charge in [0.15, 0.2) is 5.60 Å². The van der Waals surface area contributed by atoms with Crippen LogP contribution in [0.25, 0.3) is 0 Å². The van der Waals surface area contributed by atoms with Crippen molar-refractivity contribution in [1.82, 2.24) is 9.88 Å². The van der Waals surface area contributed by atoms with Crippen LogP contribution in [0.1, 0.15) is 67.1 Å². The Bertz CT molecular complexity index is 1040. The predicted octanol–water partition coefficient (Wildman–Crippen LogP) is 4.49. The molecule has 11 heteroatoms. The van der Waals surface area contributed by atoms with E-state index in [-0.39, 0.29) is 35.7 Å². The van der Waals surface area contributed by atoms with Gasteiger partial charge in [-0.3, -0.25) is 4.79 Å². The fraction of sp³-hybridized carbons (Fsp3) is 0.542. The number of halogens is 3. The number of primary amides is 1. The molecule has 2 aliphatic carbocycles. The first-order valence-corrected chi connectivity index (χ1v) is 12.4. The van der Waals surface area contributed by atoms with Crippen molar-refractivity contribution in [2.45, 2.75) is 74.7 Å². The van der Waals surface area contributed by atoms with Crippen LogP contribution in [-0.4, -0.2) is 51.9 Å². The van der Waals surface area contributed by atoms with E-state index in [1.165, 1.54) is 23.5 Å². The Kier molecular flexibility index (Phi) is 6.85. The number of nitrogens with two attached hydrogens (primary N) is 1. The summed E-state index contributed by atoms with van der Waals surface area (Å²) in [5, 5.41) is 11.8. The molecule has 0 bridgehead atoms. The number of ether oxygens (including phenoxy) is 1. The fourth-order valence-electron chi connectivity index (χ4n) is 4.82. The summed E-state index contributed by atoms with van der Waals surface area (Å²) in [6, 6.07) is 5.04. The first kappa shape index (κ1) is 25.4. The third-order valence-electron chi connectivity index (χ3n) is 7.19. The summed E-state index contributed by atoms with van der Waals surface area (Å²) in [5.74, 6) is -0.231. The smallest absolute Gasteiger partial charge is 0.421 e. The third kappa shape index (κ3) is 5.16. The van der Waals surface area contributed by atoms with Crippen molar-refractivity contribution in [1.29, 1.82) is 0 Å². The van der Waals surface area contributed by atoms with Crippen molar-refractivity contribution in [2.24, 2.45) is 5.73 Å². The van der Waals surface area contributed by atoms with E-state index in [4.69, 9.17) is 10.5 Å². The molecule has 2 saturated carbocycles. The number of alkyl halides is 3. The van der Waals surface area contributed by atoms with Crippen molar-refractivity contribution >= 4 is 23.3 Å². The van der Waals surface area contributed by atoms with Gasteiger partial charge in [0.25, 0.3) is 5.91 Å². The van der Waals surface area contributed by atoms with Gasteiger partial charge in [-0.1, -0.05) is 12.1 Å². The molecule has 190 valence electrons. The number of hydrogen-bond donors (Lipinski definition) is 2. The lowest BCUT2D eigenvalue weighted by Gasteiger charge is -2.42. The Morgan fingerprint density at radius 2 is 1.77 bits per heavy atom. The molecule has 3 N–H and O–H groups in total. The van der Waals surface area contributed by atoms with Gasteiger partial charge < -0.3 is 20.5 Å². The Balaban J connectivity index is 1.50. The van der Waals surface area contributed by atoms with Gasteiger partial charge in [0, 0.05) is 28.4 Å². The van der Waals surface area contributed by atoms with Gasteiger partial charge in [0.1, 0.15) is 6.61 Å². The van der Waals surface area contributed by atoms with E-state index in [9.17, 15) is 27.9 Å². The van der Waals surface area contributed by atoms with Gasteiger partial charge in [-0.05, 0) is 63.1 Å². The number of amides is 2. The van der Waals surface area contributed by atoms with Crippen molar-refractivity contribution in [3.05, 3.63) is 52.0 Å². The van der Waals surface area contributed by atoms with Crippen LogP contribution >= 0.6 is 11.3 Å². The molecule has 2 aliphatic rings. The molecule has 7 nitrogen and oxygen atoms in total. The number of benzene rings is 1. The largest absolute Gasteiger partial charge is 0.449 e. The van der Waals surface area contributed by atoms with Crippen molar-refractivity contribution in [3.8, 4) is 0 Å². The van der Waals surface area contributed by atoms with E-state index in [0.29, 0.717) is 32.6 Å². The van der Waals surface area contributed by atoms with Crippen molar-refractivity contribution < 1.29 is 32.6 Å². The number of thiazole rings is 1. The normalized spacial score (nSPS) is 24.4. The molecule has 2 aromatic rings. The molecule has 4 rings (SSSR count). The third-order valence-corrected chi connectivity index (χ3v) is 7.78. The summed E-state index contributed by atoms with van der Waals surface area (Å²) in [6.07, 6.45) is -1.27. The molecule has 0 spiro atoms. The van der Waals surface area contributed by atoms with Crippen LogP contribution in [0.15, 0.2) is 35.2 Å². The maximum Gasteiger partial charge on any atom is 0.421 e. The van der Waals surface area contributed by atoms with Crippen LogP contribution in [0, 0.1) is 0 Å². The lowest BCUT2D eigenvalue weighted by Crippen LogP contribution is -2.48. The molecule has 0 saturated heterocycles. The first-order valence-electron chi connectivity index (χ1n) is 11.5. The number of rotatable bonds is 7. The molecule has 0 aliphatic heterocycles. The Morgan fingerprint density at radius 3 is 2.26 bits per heavy atom. The number of aromatic nitrogens is 1. The molecular formula is C24H28F3N3O4S. The topological polar surface area (TPSA) is 106 Å². The molecule has 35 heavy (non-hydrogen) atoms. The van der Waals surface area contributed by atoms with Crippen LogP contribution in [0.2, 0.25) is 0 Å². The zero-order valence-corrected chi connectivity index (χ0v) is 20.1. The minimum absolute atomic E-state index is 0.0479. The van der Waals surface area contributed by atoms with Crippen LogP contribution in [0.5, 0.6) is 0 Å². The van der Waals surface area contributed by atoms with Crippen molar-refractivity contribution in [3.63, 3.8) is 0 Å². The molecule has 1 aromatic heterocycles. The second kappa shape index (κ2) is 9.42. The maximum absolute atomic E-state index is 13.4. The summed E-state index contributed by atoms with van der Waals surface area (Å²) >= 11 is 1.46. The average molecular weight is 512 g/mol. The van der Waals surface area contributed by atoms with Crippen molar-refractivity contribution in [2.75, 3.05) is 6.61 Å². The number of hydrogen-bond acceptors (Lipinski definition) is 6. The molecule has 0 radical (unpaired) electrons. The highest BCUT2D eigenvalue weighted by Gasteiger charge is 2.51. The molecule has 2 amide bonds. The zero-order chi connectivity index (χ0) is 25.4. The van der Waals surface area contributed by atoms with E-state index in [1.807, 2.05) is 10.3 Å². The fourth-order valence-corrected chi connectivity index (χ4v) is 5.50. The van der Waals surface area contributed by atoms with Crippen LogP contribution in [0.3, 0.4) is 0 Å². The maximum atomic E-state index is 13.4. The predicted molar refractivity (Wildman–Crippen MR) is 123 cm³/mol. The molecule has 0 unspecified atom stereocenters. The highest BCUT2D eigenvalue weighted by molar-refractivity contribution is 7.07. The zero-order valence-electron chi connectivity index (χ0n) is 19.3. The summed E-state index contributed by atoms with van der Waals surface area (Å²) in [7, 11) is 0. The van der Waals surface area contributed by atoms with Crippen LogP contribution < -0.4 is 5.73 Å². The molecule has 1 heterocycles. The quantitative estimate of drug-likeness (QED) is 0.570. The van der Waals surface area contributed by atoms with E-state index < -0.39 is 23.3 Å². The standard InChI is InChI=1S/C24H28F3N3O4S/c1-22(33,24(25,26)27)16-4-2-15(3-5-16)20(31)30(17-6-7-17)18-8-10-23(11-9-18,13-34-21(28)32)19-12-35-14-29-19/h2-5,12,14,17-18,33H,6-11,13H2,1H3,(H2,28,32)/t18?,22-,23?/m0/s1.